The maximum absolute atomic E-state index is 12.9. The number of ether oxygens (including phenoxy) is 2. The Kier molecular flexibility index (Phi) is 5.92. The summed E-state index contributed by atoms with van der Waals surface area (Å²) in [4.78, 5) is 30.4. The van der Waals surface area contributed by atoms with Crippen LogP contribution in [0.1, 0.15) is 55.8 Å². The molecule has 1 aromatic heterocycles. The van der Waals surface area contributed by atoms with Crippen LogP contribution in [0, 0.1) is 0 Å². The molecule has 1 aliphatic rings. The maximum atomic E-state index is 12.9. The summed E-state index contributed by atoms with van der Waals surface area (Å²) in [6, 6.07) is 4.86. The molecule has 6 nitrogen and oxygen atoms in total. The zero-order chi connectivity index (χ0) is 21.4. The number of hydrogen-bond acceptors (Lipinski definition) is 5. The highest BCUT2D eigenvalue weighted by atomic mass is 35.5. The van der Waals surface area contributed by atoms with Crippen molar-refractivity contribution in [3.8, 4) is 5.75 Å². The lowest BCUT2D eigenvalue weighted by Gasteiger charge is -2.17. The topological polar surface area (TPSA) is 69.9 Å². The van der Waals surface area contributed by atoms with E-state index in [4.69, 9.17) is 21.1 Å². The van der Waals surface area contributed by atoms with Gasteiger partial charge in [-0.2, -0.15) is 4.99 Å². The smallest absolute Gasteiger partial charge is 0.303 e. The molecular formula is C21H25ClN2O4S. The minimum atomic E-state index is -0.506. The standard InChI is InChI=1S/C21H25ClN2O4S/c1-13(25)28-21(8-9-21)12-24-11-17(20(2,3)4)29-19(24)23-18(26)15-10-14(22)6-7-16(15)27-5/h6-7,10-11H,8-9,12H2,1-5H3. The summed E-state index contributed by atoms with van der Waals surface area (Å²) in [5.74, 6) is -0.314. The van der Waals surface area contributed by atoms with E-state index in [1.165, 1.54) is 25.4 Å². The molecule has 29 heavy (non-hydrogen) atoms. The Morgan fingerprint density at radius 1 is 1.31 bits per heavy atom. The van der Waals surface area contributed by atoms with Gasteiger partial charge in [-0.15, -0.1) is 11.3 Å². The van der Waals surface area contributed by atoms with E-state index < -0.39 is 11.5 Å². The normalized spacial score (nSPS) is 15.9. The lowest BCUT2D eigenvalue weighted by atomic mass is 9.95. The van der Waals surface area contributed by atoms with Crippen LogP contribution in [0.25, 0.3) is 0 Å². The summed E-state index contributed by atoms with van der Waals surface area (Å²) in [5.41, 5.74) is -0.304. The summed E-state index contributed by atoms with van der Waals surface area (Å²) in [6.45, 7) is 8.20. The number of carbonyl (C=O) groups excluding carboxylic acids is 2. The molecule has 1 aliphatic carbocycles. The number of benzene rings is 1. The van der Waals surface area contributed by atoms with Crippen molar-refractivity contribution in [1.29, 1.82) is 0 Å². The molecule has 1 aromatic carbocycles. The quantitative estimate of drug-likeness (QED) is 0.653. The van der Waals surface area contributed by atoms with Gasteiger partial charge in [0, 0.05) is 23.0 Å². The average molecular weight is 437 g/mol. The number of rotatable bonds is 5. The molecule has 0 atom stereocenters. The van der Waals surface area contributed by atoms with Crippen LogP contribution in [-0.2, 0) is 21.5 Å². The van der Waals surface area contributed by atoms with Crippen molar-refractivity contribution in [1.82, 2.24) is 4.57 Å². The molecule has 1 saturated carbocycles. The largest absolute Gasteiger partial charge is 0.496 e. The number of amides is 1. The van der Waals surface area contributed by atoms with Gasteiger partial charge in [0.25, 0.3) is 5.91 Å². The number of halogens is 1. The van der Waals surface area contributed by atoms with E-state index in [1.54, 1.807) is 18.2 Å². The summed E-state index contributed by atoms with van der Waals surface area (Å²) in [6.07, 6.45) is 3.60. The first kappa shape index (κ1) is 21.6. The van der Waals surface area contributed by atoms with Crippen LogP contribution in [-0.4, -0.2) is 29.2 Å². The Bertz CT molecular complexity index is 1010. The molecule has 1 amide bonds. The van der Waals surface area contributed by atoms with Gasteiger partial charge in [0.05, 0.1) is 19.2 Å². The van der Waals surface area contributed by atoms with Crippen LogP contribution in [0.5, 0.6) is 5.75 Å². The number of hydrogen-bond donors (Lipinski definition) is 0. The van der Waals surface area contributed by atoms with E-state index in [9.17, 15) is 9.59 Å². The fraction of sp³-hybridized carbons (Fsp3) is 0.476. The summed E-state index contributed by atoms with van der Waals surface area (Å²) in [5, 5.41) is 0.436. The molecule has 156 valence electrons. The van der Waals surface area contributed by atoms with Crippen molar-refractivity contribution in [2.75, 3.05) is 7.11 Å². The van der Waals surface area contributed by atoms with Gasteiger partial charge < -0.3 is 14.0 Å². The minimum Gasteiger partial charge on any atom is -0.496 e. The number of carbonyl (C=O) groups is 2. The molecule has 0 aliphatic heterocycles. The summed E-state index contributed by atoms with van der Waals surface area (Å²) >= 11 is 7.52. The second-order valence-electron chi connectivity index (χ2n) is 8.29. The lowest BCUT2D eigenvalue weighted by Crippen LogP contribution is -2.29. The molecule has 0 N–H and O–H groups in total. The Morgan fingerprint density at radius 3 is 2.55 bits per heavy atom. The summed E-state index contributed by atoms with van der Waals surface area (Å²) in [7, 11) is 1.50. The van der Waals surface area contributed by atoms with Gasteiger partial charge >= 0.3 is 5.97 Å². The zero-order valence-electron chi connectivity index (χ0n) is 17.2. The highest BCUT2D eigenvalue weighted by Gasteiger charge is 2.47. The van der Waals surface area contributed by atoms with Crippen LogP contribution in [0.2, 0.25) is 5.02 Å². The molecule has 0 spiro atoms. The van der Waals surface area contributed by atoms with Gasteiger partial charge in [0.15, 0.2) is 4.80 Å². The molecular weight excluding hydrogens is 412 g/mol. The number of thiazole rings is 1. The molecule has 3 rings (SSSR count). The third-order valence-electron chi connectivity index (χ3n) is 4.67. The van der Waals surface area contributed by atoms with Crippen LogP contribution in [0.15, 0.2) is 29.4 Å². The summed E-state index contributed by atoms with van der Waals surface area (Å²) < 4.78 is 12.7. The molecule has 2 aromatic rings. The molecule has 8 heteroatoms. The van der Waals surface area contributed by atoms with E-state index in [0.717, 1.165) is 17.7 Å². The van der Waals surface area contributed by atoms with E-state index in [1.807, 2.05) is 10.8 Å². The van der Waals surface area contributed by atoms with Crippen LogP contribution < -0.4 is 9.54 Å². The number of esters is 1. The minimum absolute atomic E-state index is 0.102. The highest BCUT2D eigenvalue weighted by Crippen LogP contribution is 2.41. The van der Waals surface area contributed by atoms with E-state index in [2.05, 4.69) is 25.8 Å². The molecule has 0 unspecified atom stereocenters. The van der Waals surface area contributed by atoms with Crippen LogP contribution in [0.4, 0.5) is 0 Å². The SMILES string of the molecule is COc1ccc(Cl)cc1C(=O)N=c1sc(C(C)(C)C)cn1CC1(OC(C)=O)CC1. The maximum Gasteiger partial charge on any atom is 0.303 e. The van der Waals surface area contributed by atoms with Crippen molar-refractivity contribution < 1.29 is 19.1 Å². The van der Waals surface area contributed by atoms with Gasteiger partial charge in [0.1, 0.15) is 11.4 Å². The molecule has 1 fully saturated rings. The van der Waals surface area contributed by atoms with Gasteiger partial charge in [-0.3, -0.25) is 9.59 Å². The third-order valence-corrected chi connectivity index (χ3v) is 6.36. The fourth-order valence-corrected chi connectivity index (χ4v) is 4.19. The van der Waals surface area contributed by atoms with Crippen molar-refractivity contribution in [2.24, 2.45) is 4.99 Å². The fourth-order valence-electron chi connectivity index (χ4n) is 2.97. The van der Waals surface area contributed by atoms with Crippen LogP contribution >= 0.6 is 22.9 Å². The Morgan fingerprint density at radius 2 is 2.00 bits per heavy atom. The molecule has 1 heterocycles. The van der Waals surface area contributed by atoms with Crippen molar-refractivity contribution in [3.05, 3.63) is 44.7 Å². The monoisotopic (exact) mass is 436 g/mol. The highest BCUT2D eigenvalue weighted by molar-refractivity contribution is 7.09. The first-order chi connectivity index (χ1) is 13.5. The van der Waals surface area contributed by atoms with Gasteiger partial charge in [-0.1, -0.05) is 32.4 Å². The molecule has 0 radical (unpaired) electrons. The van der Waals surface area contributed by atoms with E-state index in [0.29, 0.717) is 27.7 Å². The predicted molar refractivity (Wildman–Crippen MR) is 113 cm³/mol. The molecule has 0 bridgehead atoms. The van der Waals surface area contributed by atoms with Crippen LogP contribution in [0.3, 0.4) is 0 Å². The average Bonchev–Trinajstić information content (AvgIpc) is 3.24. The van der Waals surface area contributed by atoms with Gasteiger partial charge in [-0.05, 0) is 36.5 Å². The van der Waals surface area contributed by atoms with E-state index in [-0.39, 0.29) is 11.4 Å². The zero-order valence-corrected chi connectivity index (χ0v) is 18.8. The Hall–Kier alpha value is -2.12. The Balaban J connectivity index is 2.03. The van der Waals surface area contributed by atoms with Crippen molar-refractivity contribution >= 4 is 34.8 Å². The molecule has 0 saturated heterocycles. The number of aromatic nitrogens is 1. The lowest BCUT2D eigenvalue weighted by molar-refractivity contribution is -0.149. The van der Waals surface area contributed by atoms with Crippen molar-refractivity contribution in [3.63, 3.8) is 0 Å². The first-order valence-corrected chi connectivity index (χ1v) is 10.6. The second-order valence-corrected chi connectivity index (χ2v) is 9.74. The second kappa shape index (κ2) is 7.95. The Labute approximate surface area is 179 Å². The third kappa shape index (κ3) is 5.08. The predicted octanol–water partition coefficient (Wildman–Crippen LogP) is 4.35. The van der Waals surface area contributed by atoms with E-state index >= 15 is 0 Å². The number of nitrogens with zero attached hydrogens (tertiary/aromatic N) is 2. The first-order valence-electron chi connectivity index (χ1n) is 9.36. The number of methoxy groups -OCH3 is 1. The van der Waals surface area contributed by atoms with Crippen molar-refractivity contribution in [2.45, 2.75) is 58.1 Å². The van der Waals surface area contributed by atoms with Gasteiger partial charge in [0.2, 0.25) is 0 Å². The van der Waals surface area contributed by atoms with Gasteiger partial charge in [-0.25, -0.2) is 0 Å².